The quantitative estimate of drug-likeness (QED) is 0.542. The molecular weight excluding hydrogens is 334 g/mol. The molecule has 7 nitrogen and oxygen atoms in total. The second kappa shape index (κ2) is 5.60. The molecule has 0 bridgehead atoms. The Kier molecular flexibility index (Phi) is 3.14. The van der Waals surface area contributed by atoms with Gasteiger partial charge in [0.2, 0.25) is 0 Å². The Morgan fingerprint density at radius 1 is 1.08 bits per heavy atom. The highest BCUT2D eigenvalue weighted by Gasteiger charge is 2.12. The molecular formula is C17H11N7S. The van der Waals surface area contributed by atoms with E-state index >= 15 is 0 Å². The predicted molar refractivity (Wildman–Crippen MR) is 95.3 cm³/mol. The Morgan fingerprint density at radius 3 is 2.96 bits per heavy atom. The molecule has 3 aromatic heterocycles. The number of aromatic nitrogens is 7. The average molecular weight is 345 g/mol. The van der Waals surface area contributed by atoms with Crippen molar-refractivity contribution in [3.8, 4) is 27.5 Å². The molecule has 8 heteroatoms. The van der Waals surface area contributed by atoms with Gasteiger partial charge in [-0.25, -0.2) is 4.98 Å². The fourth-order valence-corrected chi connectivity index (χ4v) is 3.62. The smallest absolute Gasteiger partial charge is 0.143 e. The van der Waals surface area contributed by atoms with E-state index in [1.165, 1.54) is 0 Å². The number of hydrogen-bond acceptors (Lipinski definition) is 6. The molecule has 0 saturated carbocycles. The third kappa shape index (κ3) is 2.39. The van der Waals surface area contributed by atoms with Gasteiger partial charge in [0.25, 0.3) is 0 Å². The summed E-state index contributed by atoms with van der Waals surface area (Å²) in [6.45, 7) is 0. The van der Waals surface area contributed by atoms with Gasteiger partial charge in [-0.2, -0.15) is 9.78 Å². The molecule has 0 saturated heterocycles. The van der Waals surface area contributed by atoms with Crippen LogP contribution in [-0.2, 0) is 0 Å². The molecule has 0 radical (unpaired) electrons. The van der Waals surface area contributed by atoms with Crippen LogP contribution in [0.5, 0.6) is 0 Å². The lowest BCUT2D eigenvalue weighted by atomic mass is 10.1. The molecule has 0 amide bonds. The summed E-state index contributed by atoms with van der Waals surface area (Å²) in [6.07, 6.45) is 3.40. The molecule has 120 valence electrons. The van der Waals surface area contributed by atoms with Crippen LogP contribution in [0.1, 0.15) is 0 Å². The first kappa shape index (κ1) is 14.0. The van der Waals surface area contributed by atoms with E-state index in [4.69, 9.17) is 4.98 Å². The maximum absolute atomic E-state index is 4.82. The first-order chi connectivity index (χ1) is 12.4. The topological polar surface area (TPSA) is 85.2 Å². The zero-order valence-electron chi connectivity index (χ0n) is 12.9. The van der Waals surface area contributed by atoms with Crippen molar-refractivity contribution in [2.75, 3.05) is 0 Å². The second-order valence-corrected chi connectivity index (χ2v) is 6.34. The minimum absolute atomic E-state index is 0.902. The molecule has 0 aliphatic carbocycles. The molecule has 2 aromatic carbocycles. The number of H-pyrrole nitrogens is 1. The summed E-state index contributed by atoms with van der Waals surface area (Å²) in [6, 6.07) is 14.1. The molecule has 25 heavy (non-hydrogen) atoms. The largest absolute Gasteiger partial charge is 0.278 e. The zero-order valence-corrected chi connectivity index (χ0v) is 13.7. The number of tetrazole rings is 1. The summed E-state index contributed by atoms with van der Waals surface area (Å²) in [5.41, 5.74) is 4.92. The molecule has 0 spiro atoms. The van der Waals surface area contributed by atoms with Gasteiger partial charge in [0.05, 0.1) is 23.1 Å². The summed E-state index contributed by atoms with van der Waals surface area (Å²) in [7, 11) is 0. The number of nitrogens with one attached hydrogen (secondary N) is 1. The van der Waals surface area contributed by atoms with Crippen LogP contribution in [0.4, 0.5) is 0 Å². The van der Waals surface area contributed by atoms with Gasteiger partial charge in [-0.1, -0.05) is 18.2 Å². The number of thiazole rings is 1. The van der Waals surface area contributed by atoms with Crippen LogP contribution < -0.4 is 0 Å². The highest BCUT2D eigenvalue weighted by molar-refractivity contribution is 7.13. The van der Waals surface area contributed by atoms with Gasteiger partial charge in [-0.3, -0.25) is 5.10 Å². The maximum atomic E-state index is 4.82. The third-order valence-corrected chi connectivity index (χ3v) is 4.85. The Hall–Kier alpha value is -3.39. The van der Waals surface area contributed by atoms with Crippen molar-refractivity contribution in [1.82, 2.24) is 35.4 Å². The lowest BCUT2D eigenvalue weighted by Gasteiger charge is -2.05. The molecule has 0 fully saturated rings. The van der Waals surface area contributed by atoms with Gasteiger partial charge in [0.15, 0.2) is 0 Å². The number of nitrogens with zero attached hydrogens (tertiary/aromatic N) is 6. The van der Waals surface area contributed by atoms with Gasteiger partial charge in [0.1, 0.15) is 11.3 Å². The molecule has 1 N–H and O–H groups in total. The minimum Gasteiger partial charge on any atom is -0.278 e. The van der Waals surface area contributed by atoms with Gasteiger partial charge >= 0.3 is 0 Å². The Balaban J connectivity index is 1.59. The van der Waals surface area contributed by atoms with Crippen molar-refractivity contribution in [2.24, 2.45) is 0 Å². The summed E-state index contributed by atoms with van der Waals surface area (Å²) in [5.74, 6) is 0. The number of rotatable bonds is 3. The number of para-hydroxylation sites is 1. The van der Waals surface area contributed by atoms with Crippen molar-refractivity contribution in [2.45, 2.75) is 0 Å². The van der Waals surface area contributed by atoms with Crippen molar-refractivity contribution in [3.63, 3.8) is 0 Å². The number of benzene rings is 2. The molecule has 3 heterocycles. The average Bonchev–Trinajstić information content (AvgIpc) is 3.42. The van der Waals surface area contributed by atoms with Gasteiger partial charge in [0, 0.05) is 21.9 Å². The van der Waals surface area contributed by atoms with Gasteiger partial charge < -0.3 is 0 Å². The molecule has 0 atom stereocenters. The van der Waals surface area contributed by atoms with E-state index in [2.05, 4.69) is 37.2 Å². The Morgan fingerprint density at radius 2 is 2.04 bits per heavy atom. The molecule has 0 aliphatic heterocycles. The Bertz CT molecular complexity index is 1160. The van der Waals surface area contributed by atoms with Gasteiger partial charge in [-0.05, 0) is 34.7 Å². The maximum Gasteiger partial charge on any atom is 0.143 e. The summed E-state index contributed by atoms with van der Waals surface area (Å²) >= 11 is 1.60. The SMILES string of the molecule is c1ccc(-n2cnnn2)c(-c2nc(-c3ccc4[nH]ncc4c3)cs2)c1. The fraction of sp³-hybridized carbons (Fsp3) is 0. The fourth-order valence-electron chi connectivity index (χ4n) is 2.76. The van der Waals surface area contributed by atoms with E-state index in [0.717, 1.165) is 38.4 Å². The van der Waals surface area contributed by atoms with E-state index in [-0.39, 0.29) is 0 Å². The van der Waals surface area contributed by atoms with E-state index in [1.807, 2.05) is 42.6 Å². The van der Waals surface area contributed by atoms with Crippen LogP contribution >= 0.6 is 11.3 Å². The van der Waals surface area contributed by atoms with Crippen LogP contribution in [0, 0.1) is 0 Å². The minimum atomic E-state index is 0.902. The molecule has 5 rings (SSSR count). The second-order valence-electron chi connectivity index (χ2n) is 5.48. The van der Waals surface area contributed by atoms with Crippen LogP contribution in [0.2, 0.25) is 0 Å². The summed E-state index contributed by atoms with van der Waals surface area (Å²) in [4.78, 5) is 4.82. The van der Waals surface area contributed by atoms with Crippen molar-refractivity contribution in [1.29, 1.82) is 0 Å². The van der Waals surface area contributed by atoms with Crippen molar-refractivity contribution >= 4 is 22.2 Å². The van der Waals surface area contributed by atoms with Crippen molar-refractivity contribution < 1.29 is 0 Å². The van der Waals surface area contributed by atoms with Crippen LogP contribution in [0.25, 0.3) is 38.4 Å². The monoisotopic (exact) mass is 345 g/mol. The number of fused-ring (bicyclic) bond motifs is 1. The standard InChI is InChI=1S/C17H11N7S/c1-2-4-16(24-10-19-22-23-24)13(3-1)17-20-15(9-25-17)11-5-6-14-12(7-11)8-18-21-14/h1-10H,(H,18,21). The highest BCUT2D eigenvalue weighted by Crippen LogP contribution is 2.32. The summed E-state index contributed by atoms with van der Waals surface area (Å²) in [5, 5.41) is 22.5. The van der Waals surface area contributed by atoms with Crippen LogP contribution in [0.3, 0.4) is 0 Å². The predicted octanol–water partition coefficient (Wildman–Crippen LogP) is 3.33. The van der Waals surface area contributed by atoms with Crippen LogP contribution in [-0.4, -0.2) is 35.4 Å². The summed E-state index contributed by atoms with van der Waals surface area (Å²) < 4.78 is 1.65. The molecule has 5 aromatic rings. The van der Waals surface area contributed by atoms with Gasteiger partial charge in [-0.15, -0.1) is 16.4 Å². The highest BCUT2D eigenvalue weighted by atomic mass is 32.1. The van der Waals surface area contributed by atoms with Crippen LogP contribution in [0.15, 0.2) is 60.4 Å². The first-order valence-corrected chi connectivity index (χ1v) is 8.48. The normalized spacial score (nSPS) is 11.2. The molecule has 0 aliphatic rings. The zero-order chi connectivity index (χ0) is 16.6. The number of hydrogen-bond donors (Lipinski definition) is 1. The van der Waals surface area contributed by atoms with Crippen molar-refractivity contribution in [3.05, 3.63) is 60.4 Å². The lowest BCUT2D eigenvalue weighted by Crippen LogP contribution is -1.97. The van der Waals surface area contributed by atoms with E-state index in [1.54, 1.807) is 22.3 Å². The first-order valence-electron chi connectivity index (χ1n) is 7.60. The van der Waals surface area contributed by atoms with E-state index in [9.17, 15) is 0 Å². The Labute approximate surface area is 146 Å². The van der Waals surface area contributed by atoms with E-state index in [0.29, 0.717) is 0 Å². The number of aromatic amines is 1. The third-order valence-electron chi connectivity index (χ3n) is 3.97. The van der Waals surface area contributed by atoms with E-state index < -0.39 is 0 Å². The molecule has 0 unspecified atom stereocenters. The lowest BCUT2D eigenvalue weighted by molar-refractivity contribution is 0.790.